The number of nitrogens with zero attached hydrogens (tertiary/aromatic N) is 1. The molecular weight excluding hydrogens is 468 g/mol. The van der Waals surface area contributed by atoms with Crippen LogP contribution in [0.15, 0.2) is 128 Å². The number of hydrogen-bond acceptors (Lipinski definition) is 4. The minimum Gasteiger partial charge on any atom is -0.456 e. The quantitative estimate of drug-likeness (QED) is 0.263. The van der Waals surface area contributed by atoms with E-state index in [0.717, 1.165) is 74.3 Å². The fourth-order valence-electron chi connectivity index (χ4n) is 4.97. The molecule has 4 aromatic carbocycles. The lowest BCUT2D eigenvalue weighted by molar-refractivity contribution is 0.472. The van der Waals surface area contributed by atoms with E-state index < -0.39 is 0 Å². The molecule has 4 nitrogen and oxygen atoms in total. The maximum absolute atomic E-state index is 6.74. The highest BCUT2D eigenvalue weighted by Gasteiger charge is 2.21. The predicted molar refractivity (Wildman–Crippen MR) is 152 cm³/mol. The summed E-state index contributed by atoms with van der Waals surface area (Å²) in [7, 11) is 0. The van der Waals surface area contributed by atoms with Crippen LogP contribution in [0.25, 0.3) is 39.2 Å². The zero-order chi connectivity index (χ0) is 25.3. The minimum absolute atomic E-state index is 0.746. The van der Waals surface area contributed by atoms with Crippen molar-refractivity contribution in [3.63, 3.8) is 0 Å². The van der Waals surface area contributed by atoms with Gasteiger partial charge in [0.15, 0.2) is 0 Å². The van der Waals surface area contributed by atoms with Crippen LogP contribution in [-0.4, -0.2) is 11.5 Å². The van der Waals surface area contributed by atoms with Gasteiger partial charge >= 0.3 is 0 Å². The largest absolute Gasteiger partial charge is 0.456 e. The Kier molecular flexibility index (Phi) is 5.48. The molecule has 1 aromatic heterocycles. The molecule has 0 radical (unpaired) electrons. The van der Waals surface area contributed by atoms with Crippen molar-refractivity contribution in [2.45, 2.75) is 0 Å². The van der Waals surface area contributed by atoms with Gasteiger partial charge < -0.3 is 14.8 Å². The molecule has 0 bridgehead atoms. The number of dihydropyridines is 1. The van der Waals surface area contributed by atoms with Crippen LogP contribution in [-0.2, 0) is 0 Å². The van der Waals surface area contributed by atoms with E-state index in [0.29, 0.717) is 0 Å². The second-order valence-corrected chi connectivity index (χ2v) is 9.22. The van der Waals surface area contributed by atoms with Crippen molar-refractivity contribution in [1.29, 1.82) is 0 Å². The van der Waals surface area contributed by atoms with Crippen molar-refractivity contribution in [3.8, 4) is 56.5 Å². The van der Waals surface area contributed by atoms with Gasteiger partial charge in [-0.15, -0.1) is 0 Å². The lowest BCUT2D eigenvalue weighted by atomic mass is 9.97. The van der Waals surface area contributed by atoms with E-state index in [9.17, 15) is 0 Å². The van der Waals surface area contributed by atoms with E-state index in [-0.39, 0.29) is 0 Å². The highest BCUT2D eigenvalue weighted by molar-refractivity contribution is 5.84. The van der Waals surface area contributed by atoms with E-state index in [1.54, 1.807) is 0 Å². The van der Waals surface area contributed by atoms with Crippen molar-refractivity contribution in [2.75, 3.05) is 6.54 Å². The third kappa shape index (κ3) is 4.02. The molecule has 0 unspecified atom stereocenters. The Labute approximate surface area is 221 Å². The number of rotatable bonds is 2. The number of fused-ring (bicyclic) bond motifs is 6. The Bertz CT molecular complexity index is 1720. The molecule has 0 amide bonds. The molecule has 2 aliphatic heterocycles. The molecule has 3 heterocycles. The summed E-state index contributed by atoms with van der Waals surface area (Å²) in [5.41, 5.74) is 7.86. The van der Waals surface area contributed by atoms with E-state index in [2.05, 4.69) is 77.1 Å². The number of pyridine rings is 1. The van der Waals surface area contributed by atoms with Crippen molar-refractivity contribution < 1.29 is 9.47 Å². The van der Waals surface area contributed by atoms with Crippen LogP contribution in [0.4, 0.5) is 0 Å². The molecule has 0 saturated carbocycles. The van der Waals surface area contributed by atoms with Crippen LogP contribution in [0, 0.1) is 0 Å². The predicted octanol–water partition coefficient (Wildman–Crippen LogP) is 8.48. The van der Waals surface area contributed by atoms with Gasteiger partial charge in [0.2, 0.25) is 0 Å². The first kappa shape index (κ1) is 22.1. The molecule has 5 aromatic rings. The normalized spacial score (nSPS) is 13.3. The van der Waals surface area contributed by atoms with E-state index >= 15 is 0 Å². The van der Waals surface area contributed by atoms with Gasteiger partial charge in [0.1, 0.15) is 23.0 Å². The summed E-state index contributed by atoms with van der Waals surface area (Å²) in [6, 6.07) is 34.7. The van der Waals surface area contributed by atoms with Crippen LogP contribution >= 0.6 is 0 Å². The molecular formula is C34H24N2O2. The van der Waals surface area contributed by atoms with Gasteiger partial charge in [-0.05, 0) is 54.6 Å². The standard InChI is InChI=1S/C34H24N2O2/c1-3-13-31-25(9-1)26-10-2-4-14-32(26)38-34-22-24(30-12-6-8-20-36-30)16-18-28(34)27-17-15-23(21-33(27)37-31)29-11-5-7-19-35-29/h1-19,21-22,36H,20H2. The smallest absolute Gasteiger partial charge is 0.136 e. The van der Waals surface area contributed by atoms with Gasteiger partial charge in [0.25, 0.3) is 0 Å². The van der Waals surface area contributed by atoms with Crippen LogP contribution in [0.1, 0.15) is 5.56 Å². The lowest BCUT2D eigenvalue weighted by Gasteiger charge is -2.22. The van der Waals surface area contributed by atoms with Crippen LogP contribution < -0.4 is 14.8 Å². The van der Waals surface area contributed by atoms with Crippen LogP contribution in [0.5, 0.6) is 23.0 Å². The van der Waals surface area contributed by atoms with Crippen LogP contribution in [0.3, 0.4) is 0 Å². The number of aromatic nitrogens is 1. The van der Waals surface area contributed by atoms with E-state index in [4.69, 9.17) is 9.47 Å². The second-order valence-electron chi connectivity index (χ2n) is 9.22. The lowest BCUT2D eigenvalue weighted by Crippen LogP contribution is -2.14. The molecule has 1 N–H and O–H groups in total. The number of benzene rings is 4. The van der Waals surface area contributed by atoms with Gasteiger partial charge in [-0.3, -0.25) is 4.98 Å². The van der Waals surface area contributed by atoms with Gasteiger partial charge in [-0.2, -0.15) is 0 Å². The fraction of sp³-hybridized carbons (Fsp3) is 0.0294. The molecule has 0 atom stereocenters. The molecule has 4 heteroatoms. The Hall–Kier alpha value is -5.09. The second kappa shape index (κ2) is 9.41. The number of allylic oxidation sites excluding steroid dienone is 2. The van der Waals surface area contributed by atoms with E-state index in [1.807, 2.05) is 60.8 Å². The maximum Gasteiger partial charge on any atom is 0.136 e. The molecule has 182 valence electrons. The molecule has 38 heavy (non-hydrogen) atoms. The van der Waals surface area contributed by atoms with E-state index in [1.165, 1.54) is 0 Å². The fourth-order valence-corrected chi connectivity index (χ4v) is 4.97. The van der Waals surface area contributed by atoms with Gasteiger partial charge in [-0.25, -0.2) is 0 Å². The summed E-state index contributed by atoms with van der Waals surface area (Å²) in [5.74, 6) is 3.06. The van der Waals surface area contributed by atoms with Gasteiger partial charge in [-0.1, -0.05) is 66.7 Å². The molecule has 0 spiro atoms. The summed E-state index contributed by atoms with van der Waals surface area (Å²) < 4.78 is 13.5. The van der Waals surface area contributed by atoms with Crippen molar-refractivity contribution in [2.24, 2.45) is 0 Å². The zero-order valence-electron chi connectivity index (χ0n) is 20.6. The topological polar surface area (TPSA) is 43.4 Å². The Balaban J connectivity index is 1.47. The Morgan fingerprint density at radius 3 is 1.82 bits per heavy atom. The first-order chi connectivity index (χ1) is 18.8. The number of nitrogens with one attached hydrogen (secondary N) is 1. The summed E-state index contributed by atoms with van der Waals surface area (Å²) in [6.45, 7) is 0.802. The number of ether oxygens (including phenoxy) is 2. The SMILES string of the molecule is C1=CCNC(c2ccc3c(c2)Oc2ccccc2-c2ccccc2Oc2cc(-c4ccccn4)ccc2-3)=C1. The summed E-state index contributed by atoms with van der Waals surface area (Å²) in [4.78, 5) is 4.56. The first-order valence-electron chi connectivity index (χ1n) is 12.7. The summed E-state index contributed by atoms with van der Waals surface area (Å²) >= 11 is 0. The monoisotopic (exact) mass is 492 g/mol. The molecule has 7 rings (SSSR count). The molecule has 0 saturated heterocycles. The average Bonchev–Trinajstić information content (AvgIpc) is 2.99. The molecule has 2 aliphatic rings. The average molecular weight is 493 g/mol. The first-order valence-corrected chi connectivity index (χ1v) is 12.7. The van der Waals surface area contributed by atoms with Crippen molar-refractivity contribution >= 4 is 5.70 Å². The van der Waals surface area contributed by atoms with Gasteiger partial charge in [0.05, 0.1) is 5.69 Å². The third-order valence-electron chi connectivity index (χ3n) is 6.84. The van der Waals surface area contributed by atoms with Crippen molar-refractivity contribution in [1.82, 2.24) is 10.3 Å². The summed E-state index contributed by atoms with van der Waals surface area (Å²) in [6.07, 6.45) is 8.07. The summed E-state index contributed by atoms with van der Waals surface area (Å²) in [5, 5.41) is 3.46. The third-order valence-corrected chi connectivity index (χ3v) is 6.84. The number of para-hydroxylation sites is 2. The minimum atomic E-state index is 0.746. The highest BCUT2D eigenvalue weighted by atomic mass is 16.5. The Morgan fingerprint density at radius 1 is 0.579 bits per heavy atom. The molecule has 0 aliphatic carbocycles. The maximum atomic E-state index is 6.74. The molecule has 0 fully saturated rings. The zero-order valence-corrected chi connectivity index (χ0v) is 20.6. The Morgan fingerprint density at radius 2 is 1.18 bits per heavy atom. The number of hydrogen-bond donors (Lipinski definition) is 1. The highest BCUT2D eigenvalue weighted by Crippen LogP contribution is 2.47. The van der Waals surface area contributed by atoms with Gasteiger partial charge in [0, 0.05) is 51.8 Å². The van der Waals surface area contributed by atoms with Crippen molar-refractivity contribution in [3.05, 3.63) is 133 Å². The van der Waals surface area contributed by atoms with Crippen LogP contribution in [0.2, 0.25) is 0 Å².